The highest BCUT2D eigenvalue weighted by Gasteiger charge is 2.12. The molecular weight excluding hydrogens is 336 g/mol. The van der Waals surface area contributed by atoms with Gasteiger partial charge in [0.15, 0.2) is 0 Å². The van der Waals surface area contributed by atoms with Crippen LogP contribution in [0.4, 0.5) is 0 Å². The molecular formula is C13H8BrClO2S. The van der Waals surface area contributed by atoms with Crippen molar-refractivity contribution in [2.24, 2.45) is 0 Å². The van der Waals surface area contributed by atoms with Gasteiger partial charge in [0.1, 0.15) is 0 Å². The summed E-state index contributed by atoms with van der Waals surface area (Å²) >= 11 is 10.8. The monoisotopic (exact) mass is 342 g/mol. The molecule has 0 radical (unpaired) electrons. The molecule has 1 aromatic heterocycles. The minimum absolute atomic E-state index is 0.245. The molecule has 2 aromatic rings. The zero-order chi connectivity index (χ0) is 13.1. The first-order chi connectivity index (χ1) is 8.58. The molecule has 1 N–H and O–H groups in total. The first kappa shape index (κ1) is 13.3. The lowest BCUT2D eigenvalue weighted by atomic mass is 10.1. The molecule has 18 heavy (non-hydrogen) atoms. The van der Waals surface area contributed by atoms with E-state index in [1.165, 1.54) is 11.3 Å². The van der Waals surface area contributed by atoms with E-state index in [0.717, 1.165) is 4.47 Å². The van der Waals surface area contributed by atoms with Gasteiger partial charge in [-0.25, -0.2) is 4.79 Å². The molecule has 1 heterocycles. The van der Waals surface area contributed by atoms with Crippen molar-refractivity contribution in [2.75, 3.05) is 0 Å². The van der Waals surface area contributed by atoms with Crippen molar-refractivity contribution in [3.63, 3.8) is 0 Å². The van der Waals surface area contributed by atoms with Crippen LogP contribution in [0.1, 0.15) is 10.4 Å². The number of hydrogen-bond donors (Lipinski definition) is 1. The van der Waals surface area contributed by atoms with Gasteiger partial charge in [-0.2, -0.15) is 0 Å². The molecule has 0 saturated carbocycles. The normalized spacial score (nSPS) is 11.6. The van der Waals surface area contributed by atoms with Crippen molar-refractivity contribution >= 4 is 56.5 Å². The second kappa shape index (κ2) is 5.69. The van der Waals surface area contributed by atoms with E-state index in [9.17, 15) is 9.90 Å². The minimum Gasteiger partial charge on any atom is -0.478 e. The van der Waals surface area contributed by atoms with Gasteiger partial charge < -0.3 is 5.11 Å². The number of carboxylic acid groups (broad SMARTS) is 1. The number of aliphatic carboxylic acids is 1. The third-order valence-corrected chi connectivity index (χ3v) is 4.00. The molecule has 2 nitrogen and oxygen atoms in total. The van der Waals surface area contributed by atoms with Crippen molar-refractivity contribution in [2.45, 2.75) is 0 Å². The number of carbonyl (C=O) groups is 1. The third-order valence-electron chi connectivity index (χ3n) is 2.28. The second-order valence-corrected chi connectivity index (χ2v) is 5.78. The lowest BCUT2D eigenvalue weighted by Crippen LogP contribution is -1.97. The number of hydrogen-bond acceptors (Lipinski definition) is 2. The van der Waals surface area contributed by atoms with Crippen LogP contribution in [0.15, 0.2) is 40.2 Å². The Morgan fingerprint density at radius 2 is 2.17 bits per heavy atom. The van der Waals surface area contributed by atoms with Crippen molar-refractivity contribution in [3.8, 4) is 0 Å². The molecule has 0 aliphatic rings. The minimum atomic E-state index is -0.962. The van der Waals surface area contributed by atoms with E-state index in [1.807, 2.05) is 17.5 Å². The predicted octanol–water partition coefficient (Wildman–Crippen LogP) is 4.79. The summed E-state index contributed by atoms with van der Waals surface area (Å²) in [6, 6.07) is 8.94. The Balaban J connectivity index is 2.49. The Morgan fingerprint density at radius 3 is 2.72 bits per heavy atom. The topological polar surface area (TPSA) is 37.3 Å². The number of thiophene rings is 1. The zero-order valence-electron chi connectivity index (χ0n) is 9.06. The van der Waals surface area contributed by atoms with E-state index < -0.39 is 5.97 Å². The molecule has 0 aliphatic heterocycles. The van der Waals surface area contributed by atoms with E-state index in [2.05, 4.69) is 15.9 Å². The molecule has 0 spiro atoms. The van der Waals surface area contributed by atoms with Crippen LogP contribution in [0.25, 0.3) is 11.6 Å². The van der Waals surface area contributed by atoms with Crippen LogP contribution >= 0.6 is 38.9 Å². The number of rotatable bonds is 3. The molecule has 0 amide bonds. The molecule has 0 bridgehead atoms. The van der Waals surface area contributed by atoms with Gasteiger partial charge in [-0.3, -0.25) is 0 Å². The smallest absolute Gasteiger partial charge is 0.337 e. The van der Waals surface area contributed by atoms with E-state index >= 15 is 0 Å². The van der Waals surface area contributed by atoms with Gasteiger partial charge in [-0.05, 0) is 35.2 Å². The Kier molecular flexibility index (Phi) is 4.22. The maximum absolute atomic E-state index is 11.3. The van der Waals surface area contributed by atoms with E-state index in [-0.39, 0.29) is 5.57 Å². The van der Waals surface area contributed by atoms with Gasteiger partial charge in [-0.15, -0.1) is 11.3 Å². The fourth-order valence-electron chi connectivity index (χ4n) is 1.44. The van der Waals surface area contributed by atoms with Crippen molar-refractivity contribution in [1.29, 1.82) is 0 Å². The van der Waals surface area contributed by atoms with Crippen LogP contribution in [0.2, 0.25) is 5.02 Å². The molecule has 0 fully saturated rings. The SMILES string of the molecule is O=C(O)/C(=C/c1ccc(Br)cc1Cl)c1cccs1. The van der Waals surface area contributed by atoms with E-state index in [0.29, 0.717) is 15.5 Å². The predicted molar refractivity (Wildman–Crippen MR) is 79.0 cm³/mol. The summed E-state index contributed by atoms with van der Waals surface area (Å²) in [7, 11) is 0. The van der Waals surface area contributed by atoms with Crippen LogP contribution < -0.4 is 0 Å². The van der Waals surface area contributed by atoms with Gasteiger partial charge in [0.25, 0.3) is 0 Å². The van der Waals surface area contributed by atoms with Crippen LogP contribution in [0.5, 0.6) is 0 Å². The molecule has 2 rings (SSSR count). The summed E-state index contributed by atoms with van der Waals surface area (Å²) in [5.74, 6) is -0.962. The lowest BCUT2D eigenvalue weighted by Gasteiger charge is -2.02. The van der Waals surface area contributed by atoms with Gasteiger partial charge in [0.2, 0.25) is 0 Å². The second-order valence-electron chi connectivity index (χ2n) is 3.51. The summed E-state index contributed by atoms with van der Waals surface area (Å²) in [6.45, 7) is 0. The summed E-state index contributed by atoms with van der Waals surface area (Å²) in [5.41, 5.74) is 0.930. The average Bonchev–Trinajstić information content (AvgIpc) is 2.80. The van der Waals surface area contributed by atoms with Crippen LogP contribution in [0, 0.1) is 0 Å². The maximum atomic E-state index is 11.3. The van der Waals surface area contributed by atoms with Gasteiger partial charge in [-0.1, -0.05) is 39.7 Å². The van der Waals surface area contributed by atoms with Gasteiger partial charge >= 0.3 is 5.97 Å². The van der Waals surface area contributed by atoms with Crippen LogP contribution in [-0.4, -0.2) is 11.1 Å². The van der Waals surface area contributed by atoms with Gasteiger partial charge in [0, 0.05) is 14.4 Å². The maximum Gasteiger partial charge on any atom is 0.337 e. The fourth-order valence-corrected chi connectivity index (χ4v) is 2.91. The Labute approximate surface area is 122 Å². The van der Waals surface area contributed by atoms with Crippen molar-refractivity contribution in [1.82, 2.24) is 0 Å². The number of carboxylic acids is 1. The Hall–Kier alpha value is -1.10. The Bertz CT molecular complexity index is 605. The zero-order valence-corrected chi connectivity index (χ0v) is 12.2. The first-order valence-electron chi connectivity index (χ1n) is 5.02. The lowest BCUT2D eigenvalue weighted by molar-refractivity contribution is -0.130. The summed E-state index contributed by atoms with van der Waals surface area (Å²) in [6.07, 6.45) is 1.59. The highest BCUT2D eigenvalue weighted by atomic mass is 79.9. The van der Waals surface area contributed by atoms with Crippen molar-refractivity contribution < 1.29 is 9.90 Å². The van der Waals surface area contributed by atoms with Gasteiger partial charge in [0.05, 0.1) is 5.57 Å². The largest absolute Gasteiger partial charge is 0.478 e. The number of halogens is 2. The van der Waals surface area contributed by atoms with E-state index in [4.69, 9.17) is 11.6 Å². The highest BCUT2D eigenvalue weighted by molar-refractivity contribution is 9.10. The molecule has 92 valence electrons. The first-order valence-corrected chi connectivity index (χ1v) is 7.07. The average molecular weight is 344 g/mol. The highest BCUT2D eigenvalue weighted by Crippen LogP contribution is 2.28. The molecule has 5 heteroatoms. The molecule has 0 saturated heterocycles. The standard InChI is InChI=1S/C13H8BrClO2S/c14-9-4-3-8(11(15)7-9)6-10(13(16)17)12-2-1-5-18-12/h1-7H,(H,16,17)/b10-6+. The summed E-state index contributed by atoms with van der Waals surface area (Å²) in [5, 5.41) is 11.6. The van der Waals surface area contributed by atoms with Crippen LogP contribution in [-0.2, 0) is 4.79 Å². The quantitative estimate of drug-likeness (QED) is 0.814. The molecule has 1 aromatic carbocycles. The summed E-state index contributed by atoms with van der Waals surface area (Å²) < 4.78 is 0.859. The Morgan fingerprint density at radius 1 is 1.39 bits per heavy atom. The molecule has 0 unspecified atom stereocenters. The summed E-state index contributed by atoms with van der Waals surface area (Å²) in [4.78, 5) is 12.0. The van der Waals surface area contributed by atoms with Crippen molar-refractivity contribution in [3.05, 3.63) is 55.6 Å². The number of benzene rings is 1. The fraction of sp³-hybridized carbons (Fsp3) is 0. The third kappa shape index (κ3) is 3.02. The molecule has 0 aliphatic carbocycles. The van der Waals surface area contributed by atoms with E-state index in [1.54, 1.807) is 24.3 Å². The van der Waals surface area contributed by atoms with Crippen LogP contribution in [0.3, 0.4) is 0 Å². The molecule has 0 atom stereocenters.